The molecule has 0 saturated carbocycles. The molecule has 1 aromatic heterocycles. The Morgan fingerprint density at radius 2 is 2.06 bits per heavy atom. The van der Waals surface area contributed by atoms with E-state index in [2.05, 4.69) is 30.1 Å². The second-order valence-electron chi connectivity index (χ2n) is 4.31. The second-order valence-corrected chi connectivity index (χ2v) is 4.31. The first-order valence-electron chi connectivity index (χ1n) is 5.86. The van der Waals surface area contributed by atoms with Gasteiger partial charge in [0, 0.05) is 16.8 Å². The fraction of sp³-hybridized carbons (Fsp3) is 0.357. The van der Waals surface area contributed by atoms with Gasteiger partial charge >= 0.3 is 0 Å². The van der Waals surface area contributed by atoms with Crippen molar-refractivity contribution in [1.82, 2.24) is 4.98 Å². The van der Waals surface area contributed by atoms with Crippen molar-refractivity contribution in [1.29, 1.82) is 0 Å². The first kappa shape index (κ1) is 10.9. The van der Waals surface area contributed by atoms with Crippen molar-refractivity contribution in [3.05, 3.63) is 35.5 Å². The second kappa shape index (κ2) is 4.52. The van der Waals surface area contributed by atoms with E-state index in [0.717, 1.165) is 28.7 Å². The first-order valence-corrected chi connectivity index (χ1v) is 5.86. The van der Waals surface area contributed by atoms with E-state index >= 15 is 0 Å². The predicted molar refractivity (Wildman–Crippen MR) is 69.5 cm³/mol. The molecule has 0 aliphatic carbocycles. The van der Waals surface area contributed by atoms with E-state index in [9.17, 15) is 0 Å². The molecule has 2 nitrogen and oxygen atoms in total. The molecule has 0 amide bonds. The zero-order valence-corrected chi connectivity index (χ0v) is 9.96. The number of nitrogens with two attached hydrogens (primary N) is 1. The highest BCUT2D eigenvalue weighted by Gasteiger charge is 2.02. The van der Waals surface area contributed by atoms with Gasteiger partial charge in [-0.2, -0.15) is 0 Å². The number of fused-ring (bicyclic) bond motifs is 1. The minimum atomic E-state index is 0.834. The summed E-state index contributed by atoms with van der Waals surface area (Å²) in [4.78, 5) is 4.48. The maximum Gasteiger partial charge on any atom is 0.0726 e. The van der Waals surface area contributed by atoms with Gasteiger partial charge in [-0.15, -0.1) is 0 Å². The molecule has 2 N–H and O–H groups in total. The molecule has 1 aromatic carbocycles. The minimum Gasteiger partial charge on any atom is -0.398 e. The third-order valence-electron chi connectivity index (χ3n) is 2.85. The van der Waals surface area contributed by atoms with Crippen molar-refractivity contribution in [2.45, 2.75) is 33.1 Å². The summed E-state index contributed by atoms with van der Waals surface area (Å²) in [6, 6.07) is 8.34. The molecule has 1 heterocycles. The van der Waals surface area contributed by atoms with Crippen LogP contribution in [0.2, 0.25) is 0 Å². The number of nitrogens with zero attached hydrogens (tertiary/aromatic N) is 1. The molecule has 0 saturated heterocycles. The molecule has 0 aliphatic rings. The Morgan fingerprint density at radius 1 is 1.25 bits per heavy atom. The number of aryl methyl sites for hydroxylation is 2. The number of pyridine rings is 1. The zero-order chi connectivity index (χ0) is 11.5. The Hall–Kier alpha value is -1.57. The highest BCUT2D eigenvalue weighted by molar-refractivity contribution is 5.90. The molecular formula is C14H18N2. The fourth-order valence-corrected chi connectivity index (χ4v) is 1.97. The van der Waals surface area contributed by atoms with Gasteiger partial charge in [-0.05, 0) is 43.5 Å². The summed E-state index contributed by atoms with van der Waals surface area (Å²) in [6.45, 7) is 4.18. The fourth-order valence-electron chi connectivity index (χ4n) is 1.97. The number of unbranched alkanes of at least 4 members (excludes halogenated alkanes) is 1. The number of rotatable bonds is 3. The van der Waals surface area contributed by atoms with Crippen LogP contribution >= 0.6 is 0 Å². The summed E-state index contributed by atoms with van der Waals surface area (Å²) < 4.78 is 0. The largest absolute Gasteiger partial charge is 0.398 e. The molecule has 0 radical (unpaired) electrons. The van der Waals surface area contributed by atoms with Gasteiger partial charge in [0.2, 0.25) is 0 Å². The van der Waals surface area contributed by atoms with Gasteiger partial charge in [-0.25, -0.2) is 0 Å². The lowest BCUT2D eigenvalue weighted by Gasteiger charge is -2.06. The number of anilines is 1. The molecule has 84 valence electrons. The standard InChI is InChI=1S/C14H18N2/c1-3-4-5-11-6-7-14-12(9-11)13(15)8-10(2)16-14/h6-9H,3-5H2,1-2H3,(H2,15,16). The molecule has 2 heteroatoms. The van der Waals surface area contributed by atoms with Gasteiger partial charge in [0.15, 0.2) is 0 Å². The molecule has 0 spiro atoms. The number of aromatic nitrogens is 1. The van der Waals surface area contributed by atoms with E-state index < -0.39 is 0 Å². The topological polar surface area (TPSA) is 38.9 Å². The lowest BCUT2D eigenvalue weighted by Crippen LogP contribution is -1.93. The first-order chi connectivity index (χ1) is 7.70. The normalized spacial score (nSPS) is 10.9. The Labute approximate surface area is 96.5 Å². The lowest BCUT2D eigenvalue weighted by atomic mass is 10.0. The lowest BCUT2D eigenvalue weighted by molar-refractivity contribution is 0.796. The maximum absolute atomic E-state index is 6.01. The quantitative estimate of drug-likeness (QED) is 0.849. The van der Waals surface area contributed by atoms with E-state index in [1.54, 1.807) is 0 Å². The summed E-state index contributed by atoms with van der Waals surface area (Å²) in [5.41, 5.74) is 10.2. The van der Waals surface area contributed by atoms with E-state index in [0.29, 0.717) is 0 Å². The predicted octanol–water partition coefficient (Wildman–Crippen LogP) is 3.47. The van der Waals surface area contributed by atoms with Crippen LogP contribution in [0.25, 0.3) is 10.9 Å². The van der Waals surface area contributed by atoms with Gasteiger partial charge in [-0.1, -0.05) is 19.4 Å². The van der Waals surface area contributed by atoms with Crippen LogP contribution in [0.3, 0.4) is 0 Å². The smallest absolute Gasteiger partial charge is 0.0726 e. The third kappa shape index (κ3) is 2.16. The molecule has 0 fully saturated rings. The van der Waals surface area contributed by atoms with Crippen LogP contribution in [0.15, 0.2) is 24.3 Å². The van der Waals surface area contributed by atoms with Gasteiger partial charge < -0.3 is 5.73 Å². The van der Waals surface area contributed by atoms with Crippen LogP contribution in [0.4, 0.5) is 5.69 Å². The maximum atomic E-state index is 6.01. The average Bonchev–Trinajstić information content (AvgIpc) is 2.26. The molecular weight excluding hydrogens is 196 g/mol. The van der Waals surface area contributed by atoms with Gasteiger partial charge in [0.1, 0.15) is 0 Å². The van der Waals surface area contributed by atoms with E-state index in [1.807, 2.05) is 13.0 Å². The number of benzene rings is 1. The molecule has 0 bridgehead atoms. The number of hydrogen-bond acceptors (Lipinski definition) is 2. The van der Waals surface area contributed by atoms with Crippen LogP contribution in [0.1, 0.15) is 31.0 Å². The van der Waals surface area contributed by atoms with Crippen molar-refractivity contribution in [3.8, 4) is 0 Å². The monoisotopic (exact) mass is 214 g/mol. The van der Waals surface area contributed by atoms with Gasteiger partial charge in [-0.3, -0.25) is 4.98 Å². The molecule has 16 heavy (non-hydrogen) atoms. The van der Waals surface area contributed by atoms with Crippen LogP contribution in [-0.2, 0) is 6.42 Å². The average molecular weight is 214 g/mol. The summed E-state index contributed by atoms with van der Waals surface area (Å²) in [7, 11) is 0. The Balaban J connectivity index is 2.45. The van der Waals surface area contributed by atoms with Crippen LogP contribution in [0.5, 0.6) is 0 Å². The van der Waals surface area contributed by atoms with Crippen LogP contribution in [0, 0.1) is 6.92 Å². The van der Waals surface area contributed by atoms with Gasteiger partial charge in [0.05, 0.1) is 5.52 Å². The highest BCUT2D eigenvalue weighted by atomic mass is 14.7. The van der Waals surface area contributed by atoms with E-state index in [-0.39, 0.29) is 0 Å². The zero-order valence-electron chi connectivity index (χ0n) is 9.96. The Kier molecular flexibility index (Phi) is 3.09. The highest BCUT2D eigenvalue weighted by Crippen LogP contribution is 2.22. The minimum absolute atomic E-state index is 0.834. The summed E-state index contributed by atoms with van der Waals surface area (Å²) in [6.07, 6.45) is 3.57. The molecule has 2 rings (SSSR count). The third-order valence-corrected chi connectivity index (χ3v) is 2.85. The molecule has 0 unspecified atom stereocenters. The number of nitrogen functional groups attached to an aromatic ring is 1. The Bertz CT molecular complexity index is 503. The van der Waals surface area contributed by atoms with Crippen molar-refractivity contribution in [2.24, 2.45) is 0 Å². The molecule has 0 atom stereocenters. The van der Waals surface area contributed by atoms with Crippen molar-refractivity contribution in [3.63, 3.8) is 0 Å². The van der Waals surface area contributed by atoms with Crippen LogP contribution < -0.4 is 5.73 Å². The molecule has 2 aromatic rings. The summed E-state index contributed by atoms with van der Waals surface area (Å²) in [5.74, 6) is 0. The summed E-state index contributed by atoms with van der Waals surface area (Å²) >= 11 is 0. The van der Waals surface area contributed by atoms with Crippen molar-refractivity contribution >= 4 is 16.6 Å². The SMILES string of the molecule is CCCCc1ccc2nc(C)cc(N)c2c1. The van der Waals surface area contributed by atoms with E-state index in [4.69, 9.17) is 5.73 Å². The number of hydrogen-bond donors (Lipinski definition) is 1. The van der Waals surface area contributed by atoms with Crippen molar-refractivity contribution in [2.75, 3.05) is 5.73 Å². The van der Waals surface area contributed by atoms with Gasteiger partial charge in [0.25, 0.3) is 0 Å². The molecule has 0 aliphatic heterocycles. The van der Waals surface area contributed by atoms with E-state index in [1.165, 1.54) is 18.4 Å². The van der Waals surface area contributed by atoms with Crippen LogP contribution in [-0.4, -0.2) is 4.98 Å². The Morgan fingerprint density at radius 3 is 2.81 bits per heavy atom. The van der Waals surface area contributed by atoms with Crippen molar-refractivity contribution < 1.29 is 0 Å². The summed E-state index contributed by atoms with van der Waals surface area (Å²) in [5, 5.41) is 1.08.